The van der Waals surface area contributed by atoms with Gasteiger partial charge in [-0.05, 0) is 53.5 Å². The number of para-hydroxylation sites is 1. The molecule has 2 heterocycles. The summed E-state index contributed by atoms with van der Waals surface area (Å²) < 4.78 is 25.2. The van der Waals surface area contributed by atoms with Crippen LogP contribution in [0, 0.1) is 6.92 Å². The van der Waals surface area contributed by atoms with E-state index in [1.54, 1.807) is 29.2 Å². The molecule has 32 heavy (non-hydrogen) atoms. The third kappa shape index (κ3) is 3.79. The number of amides is 1. The number of methoxy groups -OCH3 is 1. The monoisotopic (exact) mass is 448 g/mol. The first-order chi connectivity index (χ1) is 15.6. The highest BCUT2D eigenvalue weighted by Gasteiger charge is 2.36. The smallest absolute Gasteiger partial charge is 0.251 e. The molecule has 2 aliphatic heterocycles. The molecular weight excluding hydrogens is 428 g/mol. The topological polar surface area (TPSA) is 105 Å². The summed E-state index contributed by atoms with van der Waals surface area (Å²) in [4.78, 5) is 18.3. The Morgan fingerprint density at radius 3 is 2.81 bits per heavy atom. The second kappa shape index (κ2) is 9.13. The zero-order valence-electron chi connectivity index (χ0n) is 17.5. The van der Waals surface area contributed by atoms with Crippen molar-refractivity contribution in [3.8, 4) is 5.75 Å². The molecule has 1 unspecified atom stereocenters. The number of carbonyl (C=O) groups is 1. The molecule has 2 aromatic rings. The summed E-state index contributed by atoms with van der Waals surface area (Å²) in [7, 11) is 0.0388. The zero-order valence-corrected chi connectivity index (χ0v) is 18.3. The molecule has 0 N–H and O–H groups in total. The lowest BCUT2D eigenvalue weighted by Gasteiger charge is -2.35. The first-order valence-corrected chi connectivity index (χ1v) is 11.0. The molecule has 0 radical (unpaired) electrons. The fourth-order valence-corrected chi connectivity index (χ4v) is 5.05. The number of fused-ring (bicyclic) bond motifs is 1. The molecule has 8 nitrogen and oxygen atoms in total. The average molecular weight is 449 g/mol. The highest BCUT2D eigenvalue weighted by molar-refractivity contribution is 7.89. The first-order valence-electron chi connectivity index (χ1n) is 9.83. The van der Waals surface area contributed by atoms with Gasteiger partial charge in [0.2, 0.25) is 5.88 Å². The molecule has 9 heteroatoms. The molecule has 1 amide bonds. The summed E-state index contributed by atoms with van der Waals surface area (Å²) >= 11 is 0. The van der Waals surface area contributed by atoms with Gasteiger partial charge < -0.3 is 9.47 Å². The number of benzene rings is 2. The number of hydrogen-bond acceptors (Lipinski definition) is 5. The number of allylic oxidation sites excluding steroid dienone is 4. The predicted molar refractivity (Wildman–Crippen MR) is 122 cm³/mol. The Hall–Kier alpha value is -3.81. The summed E-state index contributed by atoms with van der Waals surface area (Å²) in [5.41, 5.74) is 10.7. The molecule has 0 fully saturated rings. The van der Waals surface area contributed by atoms with Crippen LogP contribution < -0.4 is 9.64 Å². The van der Waals surface area contributed by atoms with Crippen LogP contribution in [-0.2, 0) is 15.5 Å². The van der Waals surface area contributed by atoms with Crippen LogP contribution in [-0.4, -0.2) is 23.8 Å². The van der Waals surface area contributed by atoms with E-state index in [1.807, 2.05) is 43.4 Å². The van der Waals surface area contributed by atoms with Crippen LogP contribution in [0.4, 0.5) is 11.4 Å². The molecule has 162 valence electrons. The van der Waals surface area contributed by atoms with Gasteiger partial charge in [-0.15, -0.1) is 0 Å². The van der Waals surface area contributed by atoms with Crippen molar-refractivity contribution < 1.29 is 18.5 Å². The molecule has 2 aromatic carbocycles. The maximum absolute atomic E-state index is 13.5. The molecule has 0 aliphatic carbocycles. The van der Waals surface area contributed by atoms with E-state index >= 15 is 0 Å². The summed E-state index contributed by atoms with van der Waals surface area (Å²) in [5.74, 6) is -0.000518. The first kappa shape index (κ1) is 21.4. The second-order valence-electron chi connectivity index (χ2n) is 7.03. The number of carbonyl (C=O) groups excluding carboxylic acids is 1. The molecule has 4 rings (SSSR count). The van der Waals surface area contributed by atoms with Crippen LogP contribution in [0.2, 0.25) is 0 Å². The van der Waals surface area contributed by atoms with Gasteiger partial charge >= 0.3 is 0 Å². The highest BCUT2D eigenvalue weighted by Crippen LogP contribution is 2.47. The second-order valence-corrected chi connectivity index (χ2v) is 8.50. The summed E-state index contributed by atoms with van der Waals surface area (Å²) in [6.07, 6.45) is 7.88. The maximum Gasteiger partial charge on any atom is 0.251 e. The van der Waals surface area contributed by atoms with Gasteiger partial charge in [0.05, 0.1) is 39.0 Å². The van der Waals surface area contributed by atoms with Crippen molar-refractivity contribution in [1.82, 2.24) is 0 Å². The maximum atomic E-state index is 13.5. The molecule has 0 bridgehead atoms. The lowest BCUT2D eigenvalue weighted by molar-refractivity contribution is 0.100. The SMILES string of the molecule is COc1cc(C)cc(C(=O)N=[N+]=[N-])c1N1C2=C(C/C=C\C=C/CO2)S(=O)c2ccccc21. The predicted octanol–water partition coefficient (Wildman–Crippen LogP) is 5.42. The van der Waals surface area contributed by atoms with E-state index in [2.05, 4.69) is 10.0 Å². The number of aryl methyl sites for hydroxylation is 1. The van der Waals surface area contributed by atoms with Gasteiger partial charge in [-0.1, -0.05) is 30.4 Å². The van der Waals surface area contributed by atoms with Gasteiger partial charge in [0, 0.05) is 11.3 Å². The van der Waals surface area contributed by atoms with E-state index in [9.17, 15) is 9.00 Å². The van der Waals surface area contributed by atoms with Gasteiger partial charge in [0.15, 0.2) is 0 Å². The average Bonchev–Trinajstić information content (AvgIpc) is 2.92. The van der Waals surface area contributed by atoms with Crippen LogP contribution in [0.15, 0.2) is 81.5 Å². The molecule has 0 saturated carbocycles. The third-order valence-corrected chi connectivity index (χ3v) is 6.54. The van der Waals surface area contributed by atoms with Crippen LogP contribution >= 0.6 is 0 Å². The number of azide groups is 1. The molecule has 2 aliphatic rings. The van der Waals surface area contributed by atoms with Crippen LogP contribution in [0.3, 0.4) is 0 Å². The Balaban J connectivity index is 2.07. The van der Waals surface area contributed by atoms with E-state index in [0.29, 0.717) is 39.2 Å². The minimum absolute atomic E-state index is 0.156. The van der Waals surface area contributed by atoms with Crippen molar-refractivity contribution in [3.63, 3.8) is 0 Å². The standard InChI is InChI=1S/C23H20N4O4S/c1-15-13-16(22(28)25-26-24)21(18(14-15)30-2)27-17-9-6-7-10-19(17)32(29)20-11-5-3-4-8-12-31-23(20)27/h3-10,13-14H,11-12H2,1-2H3/b5-3-,8-4-. The Bertz CT molecular complexity index is 1260. The summed E-state index contributed by atoms with van der Waals surface area (Å²) in [6.45, 7) is 2.06. The van der Waals surface area contributed by atoms with Crippen LogP contribution in [0.1, 0.15) is 22.3 Å². The van der Waals surface area contributed by atoms with E-state index in [-0.39, 0.29) is 12.2 Å². The van der Waals surface area contributed by atoms with Crippen molar-refractivity contribution >= 4 is 28.1 Å². The quantitative estimate of drug-likeness (QED) is 0.354. The summed E-state index contributed by atoms with van der Waals surface area (Å²) in [6, 6.07) is 10.6. The third-order valence-electron chi connectivity index (χ3n) is 5.00. The van der Waals surface area contributed by atoms with E-state index in [0.717, 1.165) is 5.56 Å². The van der Waals surface area contributed by atoms with Gasteiger partial charge in [-0.3, -0.25) is 9.69 Å². The van der Waals surface area contributed by atoms with Gasteiger partial charge in [0.25, 0.3) is 5.91 Å². The number of ether oxygens (including phenoxy) is 2. The Morgan fingerprint density at radius 2 is 2.03 bits per heavy atom. The lowest BCUT2D eigenvalue weighted by Crippen LogP contribution is -2.29. The lowest BCUT2D eigenvalue weighted by atomic mass is 10.1. The normalized spacial score (nSPS) is 19.2. The Labute approximate surface area is 187 Å². The number of nitrogens with zero attached hydrogens (tertiary/aromatic N) is 4. The van der Waals surface area contributed by atoms with Crippen molar-refractivity contribution in [2.24, 2.45) is 5.11 Å². The number of rotatable bonds is 3. The molecule has 0 saturated heterocycles. The van der Waals surface area contributed by atoms with Gasteiger partial charge in [-0.25, -0.2) is 4.21 Å². The van der Waals surface area contributed by atoms with E-state index in [4.69, 9.17) is 15.0 Å². The minimum Gasteiger partial charge on any atom is -0.495 e. The number of hydrogen-bond donors (Lipinski definition) is 0. The van der Waals surface area contributed by atoms with Crippen LogP contribution in [0.25, 0.3) is 10.4 Å². The molecular formula is C23H20N4O4S. The molecule has 0 aromatic heterocycles. The Morgan fingerprint density at radius 1 is 1.25 bits per heavy atom. The van der Waals surface area contributed by atoms with Crippen LogP contribution in [0.5, 0.6) is 5.75 Å². The van der Waals surface area contributed by atoms with Crippen molar-refractivity contribution in [1.29, 1.82) is 0 Å². The molecule has 1 atom stereocenters. The van der Waals surface area contributed by atoms with E-state index < -0.39 is 16.7 Å². The van der Waals surface area contributed by atoms with Gasteiger partial charge in [0.1, 0.15) is 18.0 Å². The largest absolute Gasteiger partial charge is 0.495 e. The fraction of sp³-hybridized carbons (Fsp3) is 0.174. The van der Waals surface area contributed by atoms with E-state index in [1.165, 1.54) is 7.11 Å². The van der Waals surface area contributed by atoms with Crippen molar-refractivity contribution in [2.75, 3.05) is 18.6 Å². The zero-order chi connectivity index (χ0) is 22.7. The van der Waals surface area contributed by atoms with Crippen molar-refractivity contribution in [2.45, 2.75) is 18.2 Å². The Kier molecular flexibility index (Phi) is 6.11. The number of anilines is 2. The fourth-order valence-electron chi connectivity index (χ4n) is 3.68. The molecule has 0 spiro atoms. The van der Waals surface area contributed by atoms with Crippen molar-refractivity contribution in [3.05, 3.63) is 93.1 Å². The van der Waals surface area contributed by atoms with Gasteiger partial charge in [-0.2, -0.15) is 0 Å². The highest BCUT2D eigenvalue weighted by atomic mass is 32.2. The summed E-state index contributed by atoms with van der Waals surface area (Å²) in [5, 5.41) is 3.31. The minimum atomic E-state index is -1.46.